The van der Waals surface area contributed by atoms with E-state index in [-0.39, 0.29) is 17.3 Å². The smallest absolute Gasteiger partial charge is 0.241 e. The molecule has 1 amide bonds. The van der Waals surface area contributed by atoms with Gasteiger partial charge in [-0.1, -0.05) is 33.6 Å². The third-order valence-electron chi connectivity index (χ3n) is 3.18. The Bertz CT molecular complexity index is 625. The molecule has 0 bridgehead atoms. The lowest BCUT2D eigenvalue weighted by atomic mass is 10.0. The van der Waals surface area contributed by atoms with Gasteiger partial charge in [-0.3, -0.25) is 4.79 Å². The van der Waals surface area contributed by atoms with Gasteiger partial charge in [-0.15, -0.1) is 0 Å². The molecule has 0 aliphatic carbocycles. The molecule has 1 aliphatic rings. The number of rotatable bonds is 4. The zero-order valence-electron chi connectivity index (χ0n) is 11.5. The van der Waals surface area contributed by atoms with E-state index in [1.54, 1.807) is 17.0 Å². The van der Waals surface area contributed by atoms with Crippen LogP contribution >= 0.6 is 27.5 Å². The molecule has 110 valence electrons. The number of nitrogens with zero attached hydrogens (tertiary/aromatic N) is 2. The highest BCUT2D eigenvalue weighted by atomic mass is 79.9. The molecular formula is C15H14BrClN2O2. The number of halogens is 2. The number of hydrogen-bond donors (Lipinski definition) is 0. The number of hydrogen-bond acceptors (Lipinski definition) is 3. The highest BCUT2D eigenvalue weighted by Crippen LogP contribution is 2.34. The first-order valence-corrected chi connectivity index (χ1v) is 7.83. The van der Waals surface area contributed by atoms with Crippen LogP contribution in [0.15, 0.2) is 24.3 Å². The molecule has 21 heavy (non-hydrogen) atoms. The van der Waals surface area contributed by atoms with E-state index in [4.69, 9.17) is 21.6 Å². The average Bonchev–Trinajstić information content (AvgIpc) is 2.48. The van der Waals surface area contributed by atoms with E-state index in [9.17, 15) is 4.79 Å². The van der Waals surface area contributed by atoms with E-state index >= 15 is 0 Å². The molecule has 0 radical (unpaired) electrons. The van der Waals surface area contributed by atoms with Crippen molar-refractivity contribution in [1.29, 1.82) is 5.26 Å². The molecular weight excluding hydrogens is 356 g/mol. The fraction of sp³-hybridized carbons (Fsp3) is 0.333. The Labute approximate surface area is 137 Å². The molecule has 0 saturated carbocycles. The van der Waals surface area contributed by atoms with Gasteiger partial charge in [0.25, 0.3) is 0 Å². The number of carbonyl (C=O) groups is 1. The summed E-state index contributed by atoms with van der Waals surface area (Å²) in [5.74, 6) is 0.574. The van der Waals surface area contributed by atoms with Gasteiger partial charge in [0.05, 0.1) is 9.85 Å². The first-order chi connectivity index (χ1) is 10.1. The molecule has 2 rings (SSSR count). The van der Waals surface area contributed by atoms with Crippen molar-refractivity contribution in [3.05, 3.63) is 34.9 Å². The second kappa shape index (κ2) is 6.97. The zero-order valence-corrected chi connectivity index (χ0v) is 13.8. The highest BCUT2D eigenvalue weighted by Gasteiger charge is 2.29. The number of alkyl halides is 1. The van der Waals surface area contributed by atoms with Crippen LogP contribution in [0.2, 0.25) is 5.02 Å². The van der Waals surface area contributed by atoms with E-state index < -0.39 is 0 Å². The third-order valence-corrected chi connectivity index (χ3v) is 4.26. The maximum atomic E-state index is 12.2. The third kappa shape index (κ3) is 3.39. The van der Waals surface area contributed by atoms with E-state index in [1.165, 1.54) is 0 Å². The first kappa shape index (κ1) is 15.9. The molecule has 4 nitrogen and oxygen atoms in total. The minimum absolute atomic E-state index is 0.0246. The summed E-state index contributed by atoms with van der Waals surface area (Å²) in [6, 6.07) is 7.12. The van der Waals surface area contributed by atoms with Crippen LogP contribution in [0.4, 0.5) is 0 Å². The van der Waals surface area contributed by atoms with E-state index in [2.05, 4.69) is 15.9 Å². The lowest BCUT2D eigenvalue weighted by Gasteiger charge is -2.30. The fourth-order valence-corrected chi connectivity index (χ4v) is 2.91. The first-order valence-electron chi connectivity index (χ1n) is 6.53. The van der Waals surface area contributed by atoms with Gasteiger partial charge in [0.2, 0.25) is 5.91 Å². The average molecular weight is 370 g/mol. The van der Waals surface area contributed by atoms with Gasteiger partial charge < -0.3 is 9.64 Å². The molecule has 0 spiro atoms. The molecule has 0 fully saturated rings. The largest absolute Gasteiger partial charge is 0.479 e. The van der Waals surface area contributed by atoms with Gasteiger partial charge in [-0.25, -0.2) is 0 Å². The standard InChI is InChI=1S/C15H14BrClN2O2/c1-2-19-14(6-5-12(16)15(19)20)11-4-3-10(9-13(11)17)21-8-7-18/h3-4,6,9,12H,2,5,8H2,1H3. The van der Waals surface area contributed by atoms with E-state index in [1.807, 2.05) is 25.1 Å². The van der Waals surface area contributed by atoms with Crippen molar-refractivity contribution in [2.75, 3.05) is 13.2 Å². The topological polar surface area (TPSA) is 53.3 Å². The molecule has 1 heterocycles. The van der Waals surface area contributed by atoms with Crippen molar-refractivity contribution in [2.24, 2.45) is 0 Å². The Morgan fingerprint density at radius 3 is 2.95 bits per heavy atom. The van der Waals surface area contributed by atoms with Gasteiger partial charge in [0, 0.05) is 17.8 Å². The second-order valence-corrected chi connectivity index (χ2v) is 5.98. The van der Waals surface area contributed by atoms with Crippen LogP contribution in [0, 0.1) is 11.3 Å². The van der Waals surface area contributed by atoms with E-state index in [0.29, 0.717) is 23.7 Å². The van der Waals surface area contributed by atoms with Crippen LogP contribution in [0.1, 0.15) is 18.9 Å². The Morgan fingerprint density at radius 1 is 1.57 bits per heavy atom. The quantitative estimate of drug-likeness (QED) is 0.762. The summed E-state index contributed by atoms with van der Waals surface area (Å²) in [6.45, 7) is 2.48. The number of ether oxygens (including phenoxy) is 1. The highest BCUT2D eigenvalue weighted by molar-refractivity contribution is 9.10. The molecule has 1 atom stereocenters. The molecule has 1 aromatic rings. The van der Waals surface area contributed by atoms with Crippen LogP contribution in [-0.2, 0) is 4.79 Å². The maximum absolute atomic E-state index is 12.2. The van der Waals surface area contributed by atoms with Crippen LogP contribution in [0.3, 0.4) is 0 Å². The fourth-order valence-electron chi connectivity index (χ4n) is 2.20. The van der Waals surface area contributed by atoms with Crippen molar-refractivity contribution in [2.45, 2.75) is 18.2 Å². The van der Waals surface area contributed by atoms with Crippen molar-refractivity contribution in [3.63, 3.8) is 0 Å². The van der Waals surface area contributed by atoms with Crippen LogP contribution in [0.5, 0.6) is 5.75 Å². The Hall–Kier alpha value is -1.51. The van der Waals surface area contributed by atoms with Crippen LogP contribution in [0.25, 0.3) is 5.70 Å². The van der Waals surface area contributed by atoms with Crippen molar-refractivity contribution >= 4 is 39.1 Å². The van der Waals surface area contributed by atoms with Crippen molar-refractivity contribution in [1.82, 2.24) is 4.90 Å². The van der Waals surface area contributed by atoms with E-state index in [0.717, 1.165) is 11.3 Å². The molecule has 1 unspecified atom stereocenters. The number of allylic oxidation sites excluding steroid dienone is 1. The number of nitriles is 1. The Kier molecular flexibility index (Phi) is 5.27. The zero-order chi connectivity index (χ0) is 15.4. The minimum Gasteiger partial charge on any atom is -0.479 e. The predicted molar refractivity (Wildman–Crippen MR) is 85.3 cm³/mol. The summed E-state index contributed by atoms with van der Waals surface area (Å²) in [5.41, 5.74) is 1.60. The molecule has 0 N–H and O–H groups in total. The second-order valence-electron chi connectivity index (χ2n) is 4.46. The van der Waals surface area contributed by atoms with Crippen LogP contribution < -0.4 is 4.74 Å². The van der Waals surface area contributed by atoms with Gasteiger partial charge in [0.1, 0.15) is 11.8 Å². The number of carbonyl (C=O) groups excluding carboxylic acids is 1. The molecule has 0 saturated heterocycles. The molecule has 6 heteroatoms. The summed E-state index contributed by atoms with van der Waals surface area (Å²) in [6.07, 6.45) is 2.63. The Balaban J connectivity index is 2.33. The number of benzene rings is 1. The number of amides is 1. The van der Waals surface area contributed by atoms with Gasteiger partial charge >= 0.3 is 0 Å². The summed E-state index contributed by atoms with van der Waals surface area (Å²) in [7, 11) is 0. The van der Waals surface area contributed by atoms with Crippen molar-refractivity contribution in [3.8, 4) is 11.8 Å². The molecule has 0 aromatic heterocycles. The van der Waals surface area contributed by atoms with Crippen LogP contribution in [-0.4, -0.2) is 28.8 Å². The maximum Gasteiger partial charge on any atom is 0.241 e. The lowest BCUT2D eigenvalue weighted by Crippen LogP contribution is -2.38. The minimum atomic E-state index is -0.182. The van der Waals surface area contributed by atoms with Crippen molar-refractivity contribution < 1.29 is 9.53 Å². The Morgan fingerprint density at radius 2 is 2.33 bits per heavy atom. The summed E-state index contributed by atoms with van der Waals surface area (Å²) < 4.78 is 5.22. The summed E-state index contributed by atoms with van der Waals surface area (Å²) in [4.78, 5) is 13.7. The van der Waals surface area contributed by atoms with Gasteiger partial charge in [-0.2, -0.15) is 5.26 Å². The molecule has 1 aromatic carbocycles. The van der Waals surface area contributed by atoms with Gasteiger partial charge in [0.15, 0.2) is 6.61 Å². The monoisotopic (exact) mass is 368 g/mol. The molecule has 1 aliphatic heterocycles. The van der Waals surface area contributed by atoms with Gasteiger partial charge in [-0.05, 0) is 31.5 Å². The predicted octanol–water partition coefficient (Wildman–Crippen LogP) is 3.60. The normalized spacial score (nSPS) is 18.2. The SMILES string of the molecule is CCN1C(=O)C(Br)CC=C1c1ccc(OCC#N)cc1Cl. The summed E-state index contributed by atoms with van der Waals surface area (Å²) in [5, 5.41) is 9.01. The summed E-state index contributed by atoms with van der Waals surface area (Å²) >= 11 is 9.67. The lowest BCUT2D eigenvalue weighted by molar-refractivity contribution is -0.127.